The molecule has 3 heteroatoms. The zero-order valence-electron chi connectivity index (χ0n) is 13.1. The van der Waals surface area contributed by atoms with Gasteiger partial charge in [0.1, 0.15) is 5.75 Å². The van der Waals surface area contributed by atoms with Gasteiger partial charge in [0.15, 0.2) is 0 Å². The van der Waals surface area contributed by atoms with E-state index >= 15 is 0 Å². The minimum Gasteiger partial charge on any atom is -0.423 e. The van der Waals surface area contributed by atoms with Gasteiger partial charge in [0.2, 0.25) is 0 Å². The third-order valence-corrected chi connectivity index (χ3v) is 4.32. The predicted octanol–water partition coefficient (Wildman–Crippen LogP) is 5.45. The topological polar surface area (TPSA) is 26.3 Å². The van der Waals surface area contributed by atoms with E-state index < -0.39 is 0 Å². The van der Waals surface area contributed by atoms with Crippen molar-refractivity contribution < 1.29 is 9.53 Å². The Bertz CT molecular complexity index is 811. The first-order chi connectivity index (χ1) is 11.7. The molecule has 0 saturated carbocycles. The number of rotatable bonds is 5. The minimum atomic E-state index is -0.319. The summed E-state index contributed by atoms with van der Waals surface area (Å²) in [6.45, 7) is 0. The monoisotopic (exact) mass is 380 g/mol. The van der Waals surface area contributed by atoms with Crippen LogP contribution in [0, 0.1) is 0 Å². The Morgan fingerprint density at radius 3 is 2.21 bits per heavy atom. The minimum absolute atomic E-state index is 0.319. The second kappa shape index (κ2) is 7.93. The lowest BCUT2D eigenvalue weighted by Crippen LogP contribution is -2.11. The number of halogens is 1. The standard InChI is InChI=1S/C21H17BrO2/c22-18-12-14-19(15-13-18)24-21(23)20-9-5-4-8-17(20)11-10-16-6-2-1-3-7-16/h1-9,12-15H,10-11H2. The maximum atomic E-state index is 12.5. The number of hydrogen-bond donors (Lipinski definition) is 0. The fourth-order valence-electron chi connectivity index (χ4n) is 2.53. The third kappa shape index (κ3) is 4.33. The Morgan fingerprint density at radius 1 is 0.792 bits per heavy atom. The Morgan fingerprint density at radius 2 is 1.46 bits per heavy atom. The molecule has 2 nitrogen and oxygen atoms in total. The quantitative estimate of drug-likeness (QED) is 0.434. The zero-order valence-corrected chi connectivity index (χ0v) is 14.7. The van der Waals surface area contributed by atoms with Gasteiger partial charge in [-0.25, -0.2) is 4.79 Å². The molecule has 0 unspecified atom stereocenters. The van der Waals surface area contributed by atoms with Gasteiger partial charge in [-0.2, -0.15) is 0 Å². The number of ether oxygens (including phenoxy) is 1. The predicted molar refractivity (Wildman–Crippen MR) is 99.4 cm³/mol. The number of hydrogen-bond acceptors (Lipinski definition) is 2. The SMILES string of the molecule is O=C(Oc1ccc(Br)cc1)c1ccccc1CCc1ccccc1. The maximum Gasteiger partial charge on any atom is 0.343 e. The maximum absolute atomic E-state index is 12.5. The van der Waals surface area contributed by atoms with E-state index in [1.54, 1.807) is 12.1 Å². The highest BCUT2D eigenvalue weighted by Crippen LogP contribution is 2.19. The smallest absolute Gasteiger partial charge is 0.343 e. The van der Waals surface area contributed by atoms with Crippen LogP contribution in [-0.4, -0.2) is 5.97 Å². The number of aryl methyl sites for hydroxylation is 2. The second-order valence-corrected chi connectivity index (χ2v) is 6.40. The number of carbonyl (C=O) groups is 1. The Balaban J connectivity index is 1.73. The molecular weight excluding hydrogens is 364 g/mol. The number of esters is 1. The third-order valence-electron chi connectivity index (χ3n) is 3.79. The highest BCUT2D eigenvalue weighted by molar-refractivity contribution is 9.10. The normalized spacial score (nSPS) is 10.4. The molecule has 3 rings (SSSR count). The van der Waals surface area contributed by atoms with E-state index in [-0.39, 0.29) is 5.97 Å². The van der Waals surface area contributed by atoms with Gasteiger partial charge < -0.3 is 4.74 Å². The summed E-state index contributed by atoms with van der Waals surface area (Å²) in [5, 5.41) is 0. The van der Waals surface area contributed by atoms with Crippen molar-refractivity contribution in [3.63, 3.8) is 0 Å². The van der Waals surface area contributed by atoms with E-state index in [0.29, 0.717) is 11.3 Å². The summed E-state index contributed by atoms with van der Waals surface area (Å²) in [7, 11) is 0. The lowest BCUT2D eigenvalue weighted by Gasteiger charge is -2.10. The molecular formula is C21H17BrO2. The molecule has 0 heterocycles. The Hall–Kier alpha value is -2.39. The zero-order chi connectivity index (χ0) is 16.8. The summed E-state index contributed by atoms with van der Waals surface area (Å²) in [6.07, 6.45) is 1.69. The first kappa shape index (κ1) is 16.5. The van der Waals surface area contributed by atoms with Crippen LogP contribution in [0.25, 0.3) is 0 Å². The van der Waals surface area contributed by atoms with Crippen molar-refractivity contribution in [2.45, 2.75) is 12.8 Å². The molecule has 3 aromatic carbocycles. The molecule has 0 saturated heterocycles. The van der Waals surface area contributed by atoms with E-state index in [9.17, 15) is 4.79 Å². The molecule has 0 amide bonds. The van der Waals surface area contributed by atoms with Crippen LogP contribution in [-0.2, 0) is 12.8 Å². The molecule has 120 valence electrons. The molecule has 0 bridgehead atoms. The van der Waals surface area contributed by atoms with Crippen molar-refractivity contribution in [3.8, 4) is 5.75 Å². The summed E-state index contributed by atoms with van der Waals surface area (Å²) in [5.74, 6) is 0.224. The van der Waals surface area contributed by atoms with Gasteiger partial charge >= 0.3 is 5.97 Å². The largest absolute Gasteiger partial charge is 0.423 e. The van der Waals surface area contributed by atoms with Crippen LogP contribution in [0.4, 0.5) is 0 Å². The average Bonchev–Trinajstić information content (AvgIpc) is 2.63. The van der Waals surface area contributed by atoms with Crippen molar-refractivity contribution >= 4 is 21.9 Å². The van der Waals surface area contributed by atoms with Gasteiger partial charge in [0.25, 0.3) is 0 Å². The number of benzene rings is 3. The molecule has 0 aliphatic rings. The van der Waals surface area contributed by atoms with Gasteiger partial charge in [0, 0.05) is 4.47 Å². The van der Waals surface area contributed by atoms with Gasteiger partial charge in [-0.1, -0.05) is 64.5 Å². The fraction of sp³-hybridized carbons (Fsp3) is 0.0952. The van der Waals surface area contributed by atoms with Gasteiger partial charge in [0.05, 0.1) is 5.56 Å². The molecule has 0 N–H and O–H groups in total. The fourth-order valence-corrected chi connectivity index (χ4v) is 2.79. The van der Waals surface area contributed by atoms with Gasteiger partial charge in [-0.3, -0.25) is 0 Å². The van der Waals surface area contributed by atoms with Crippen LogP contribution in [0.3, 0.4) is 0 Å². The molecule has 0 aliphatic carbocycles. The van der Waals surface area contributed by atoms with Crippen molar-refractivity contribution in [1.82, 2.24) is 0 Å². The molecule has 0 fully saturated rings. The lowest BCUT2D eigenvalue weighted by molar-refractivity contribution is 0.0733. The second-order valence-electron chi connectivity index (χ2n) is 5.49. The first-order valence-corrected chi connectivity index (χ1v) is 8.61. The van der Waals surface area contributed by atoms with E-state index in [0.717, 1.165) is 22.9 Å². The first-order valence-electron chi connectivity index (χ1n) is 7.82. The van der Waals surface area contributed by atoms with Crippen LogP contribution in [0.15, 0.2) is 83.3 Å². The van der Waals surface area contributed by atoms with Crippen molar-refractivity contribution in [2.75, 3.05) is 0 Å². The lowest BCUT2D eigenvalue weighted by atomic mass is 10.00. The van der Waals surface area contributed by atoms with Crippen LogP contribution < -0.4 is 4.74 Å². The Kier molecular flexibility index (Phi) is 5.44. The van der Waals surface area contributed by atoms with Crippen molar-refractivity contribution in [2.24, 2.45) is 0 Å². The average molecular weight is 381 g/mol. The molecule has 0 spiro atoms. The van der Waals surface area contributed by atoms with Crippen LogP contribution in [0.2, 0.25) is 0 Å². The molecule has 0 aromatic heterocycles. The van der Waals surface area contributed by atoms with E-state index in [1.165, 1.54) is 5.56 Å². The van der Waals surface area contributed by atoms with E-state index in [2.05, 4.69) is 28.1 Å². The summed E-state index contributed by atoms with van der Waals surface area (Å²) < 4.78 is 6.44. The summed E-state index contributed by atoms with van der Waals surface area (Å²) in [6, 6.07) is 25.1. The summed E-state index contributed by atoms with van der Waals surface area (Å²) >= 11 is 3.37. The van der Waals surface area contributed by atoms with Crippen molar-refractivity contribution in [1.29, 1.82) is 0 Å². The highest BCUT2D eigenvalue weighted by atomic mass is 79.9. The number of carbonyl (C=O) groups excluding carboxylic acids is 1. The summed E-state index contributed by atoms with van der Waals surface area (Å²) in [5.41, 5.74) is 2.88. The Labute approximate surface area is 150 Å². The summed E-state index contributed by atoms with van der Waals surface area (Å²) in [4.78, 5) is 12.5. The molecule has 0 radical (unpaired) electrons. The molecule has 0 atom stereocenters. The van der Waals surface area contributed by atoms with Gasteiger partial charge in [-0.05, 0) is 54.3 Å². The van der Waals surface area contributed by atoms with E-state index in [1.807, 2.05) is 54.6 Å². The van der Waals surface area contributed by atoms with Crippen molar-refractivity contribution in [3.05, 3.63) is 100 Å². The van der Waals surface area contributed by atoms with Crippen LogP contribution in [0.1, 0.15) is 21.5 Å². The van der Waals surface area contributed by atoms with E-state index in [4.69, 9.17) is 4.74 Å². The molecule has 24 heavy (non-hydrogen) atoms. The molecule has 3 aromatic rings. The van der Waals surface area contributed by atoms with Crippen LogP contribution >= 0.6 is 15.9 Å². The highest BCUT2D eigenvalue weighted by Gasteiger charge is 2.13. The van der Waals surface area contributed by atoms with Gasteiger partial charge in [-0.15, -0.1) is 0 Å². The van der Waals surface area contributed by atoms with Crippen LogP contribution in [0.5, 0.6) is 5.75 Å². The molecule has 0 aliphatic heterocycles.